The van der Waals surface area contributed by atoms with Gasteiger partial charge in [-0.25, -0.2) is 12.1 Å². The van der Waals surface area contributed by atoms with Crippen molar-refractivity contribution in [3.05, 3.63) is 58.7 Å². The van der Waals surface area contributed by atoms with Gasteiger partial charge in [0, 0.05) is 0 Å². The van der Waals surface area contributed by atoms with Gasteiger partial charge in [-0.1, -0.05) is 27.7 Å². The van der Waals surface area contributed by atoms with E-state index >= 15 is 0 Å². The van der Waals surface area contributed by atoms with Gasteiger partial charge in [-0.15, -0.1) is 0 Å². The third kappa shape index (κ3) is 12.4. The van der Waals surface area contributed by atoms with Crippen LogP contribution in [0.2, 0.25) is 6.55 Å². The molecule has 2 aromatic carbocycles. The van der Waals surface area contributed by atoms with E-state index in [0.717, 1.165) is 0 Å². The smallest absolute Gasteiger partial charge is 0.0630 e. The Balaban J connectivity index is -0.000000228. The molecule has 0 aliphatic rings. The van der Waals surface area contributed by atoms with Crippen LogP contribution >= 0.6 is 11.1 Å². The third-order valence-electron chi connectivity index (χ3n) is 2.73. The van der Waals surface area contributed by atoms with E-state index in [1.165, 1.54) is 45.3 Å². The SMILES string of the molecule is C[Si](Cl)=[Hf+2].Cc1c[c-](C)c(C)c1C.[Cl-].[Cl-].c1cc[cH-]c1. The molecule has 0 nitrogen and oxygen atoms in total. The molecule has 0 fully saturated rings. The van der Waals surface area contributed by atoms with Crippen molar-refractivity contribution in [2.45, 2.75) is 34.2 Å². The molecule has 0 unspecified atom stereocenters. The molecule has 112 valence electrons. The summed E-state index contributed by atoms with van der Waals surface area (Å²) < 4.78 is 0. The molecule has 20 heavy (non-hydrogen) atoms. The van der Waals surface area contributed by atoms with Crippen molar-refractivity contribution in [3.8, 4) is 0 Å². The Morgan fingerprint density at radius 3 is 1.65 bits per heavy atom. The average molecular weight is 514 g/mol. The van der Waals surface area contributed by atoms with Gasteiger partial charge in [-0.3, -0.25) is 0 Å². The maximum atomic E-state index is 5.44. The minimum atomic E-state index is -0.269. The number of halogens is 3. The molecule has 0 saturated carbocycles. The van der Waals surface area contributed by atoms with Crippen LogP contribution in [0.25, 0.3) is 0 Å². The van der Waals surface area contributed by atoms with Gasteiger partial charge in [-0.05, 0) is 0 Å². The molecule has 0 radical (unpaired) electrons. The van der Waals surface area contributed by atoms with Crippen LogP contribution in [0.15, 0.2) is 36.4 Å². The van der Waals surface area contributed by atoms with Crippen LogP contribution in [0.3, 0.4) is 0 Å². The monoisotopic (exact) mass is 514 g/mol. The first-order valence-corrected chi connectivity index (χ1v) is 14.3. The van der Waals surface area contributed by atoms with Crippen molar-refractivity contribution in [1.29, 1.82) is 0 Å². The van der Waals surface area contributed by atoms with Crippen molar-refractivity contribution in [3.63, 3.8) is 0 Å². The summed E-state index contributed by atoms with van der Waals surface area (Å²) >= 11 is 6.65. The van der Waals surface area contributed by atoms with E-state index in [4.69, 9.17) is 11.1 Å². The zero-order chi connectivity index (χ0) is 14.1. The van der Waals surface area contributed by atoms with E-state index < -0.39 is 0 Å². The van der Waals surface area contributed by atoms with Crippen LogP contribution in [0.4, 0.5) is 0 Å². The average Bonchev–Trinajstić information content (AvgIpc) is 2.89. The molecule has 5 heteroatoms. The fourth-order valence-electron chi connectivity index (χ4n) is 1.45. The van der Waals surface area contributed by atoms with E-state index in [-0.39, 0.29) is 29.6 Å². The maximum absolute atomic E-state index is 5.44. The summed E-state index contributed by atoms with van der Waals surface area (Å²) in [5, 5.41) is 0. The molecule has 2 rings (SSSR count). The van der Waals surface area contributed by atoms with E-state index in [2.05, 4.69) is 40.3 Å². The molecule has 0 aliphatic heterocycles. The van der Waals surface area contributed by atoms with Crippen molar-refractivity contribution < 1.29 is 47.8 Å². The Hall–Kier alpha value is 0.657. The third-order valence-corrected chi connectivity index (χ3v) is 2.73. The van der Waals surface area contributed by atoms with Crippen molar-refractivity contribution in [2.75, 3.05) is 0 Å². The summed E-state index contributed by atoms with van der Waals surface area (Å²) in [5.74, 6) is 0. The van der Waals surface area contributed by atoms with Crippen molar-refractivity contribution >= 4 is 15.9 Å². The standard InChI is InChI=1S/C9H13.C5H5.CH3ClSi.2ClH.Hf/c1-6-5-7(2)9(4)8(6)3;1-2-4-5-3-1;1-3-2;;;/h5H,1-4H3;1-5H;1H3;2*1H;/q2*-1;;;;+2/p-2. The number of hydrogen-bond acceptors (Lipinski definition) is 0. The maximum Gasteiger partial charge on any atom is -0.0630 e. The molecule has 0 aromatic heterocycles. The Morgan fingerprint density at radius 1 is 1.15 bits per heavy atom. The van der Waals surface area contributed by atoms with E-state index in [9.17, 15) is 0 Å². The van der Waals surface area contributed by atoms with Crippen LogP contribution in [0, 0.1) is 27.7 Å². The van der Waals surface area contributed by atoms with Gasteiger partial charge in [0.15, 0.2) is 0 Å². The summed E-state index contributed by atoms with van der Waals surface area (Å²) in [4.78, 5) is -0.269. The number of aryl methyl sites for hydroxylation is 2. The molecule has 0 amide bonds. The largest absolute Gasteiger partial charge is 1.00 e. The van der Waals surface area contributed by atoms with E-state index in [1.807, 2.05) is 30.3 Å². The van der Waals surface area contributed by atoms with Gasteiger partial charge >= 0.3 is 45.4 Å². The second-order valence-corrected chi connectivity index (χ2v) is 18.5. The van der Waals surface area contributed by atoms with Gasteiger partial charge < -0.3 is 24.8 Å². The normalized spacial score (nSPS) is 8.00. The Kier molecular flexibility index (Phi) is 18.7. The molecule has 0 atom stereocenters. The van der Waals surface area contributed by atoms with E-state index in [0.29, 0.717) is 0 Å². The Morgan fingerprint density at radius 2 is 1.55 bits per heavy atom. The molecule has 0 aliphatic carbocycles. The molecule has 0 spiro atoms. The predicted molar refractivity (Wildman–Crippen MR) is 80.5 cm³/mol. The van der Waals surface area contributed by atoms with Gasteiger partial charge in [0.2, 0.25) is 0 Å². The Labute approximate surface area is 155 Å². The molecular formula is C15H21Cl3HfSi-2. The molecular weight excluding hydrogens is 493 g/mol. The minimum Gasteiger partial charge on any atom is -1.00 e. The fraction of sp³-hybridized carbons (Fsp3) is 0.333. The first kappa shape index (κ1) is 25.6. The van der Waals surface area contributed by atoms with Crippen LogP contribution in [-0.4, -0.2) is 4.80 Å². The molecule has 0 bridgehead atoms. The predicted octanol–water partition coefficient (Wildman–Crippen LogP) is -1.06. The van der Waals surface area contributed by atoms with E-state index in [1.54, 1.807) is 0 Å². The van der Waals surface area contributed by atoms with Crippen LogP contribution in [-0.2, 0) is 23.0 Å². The minimum absolute atomic E-state index is 0. The Bertz CT molecular complexity index is 418. The van der Waals surface area contributed by atoms with Gasteiger partial charge in [0.1, 0.15) is 0 Å². The second-order valence-electron chi connectivity index (χ2n) is 4.26. The molecule has 0 N–H and O–H groups in total. The quantitative estimate of drug-likeness (QED) is 0.239. The summed E-state index contributed by atoms with van der Waals surface area (Å²) in [6, 6.07) is 12.2. The first-order chi connectivity index (χ1) is 8.36. The summed E-state index contributed by atoms with van der Waals surface area (Å²) in [6.45, 7) is 10.8. The molecule has 0 saturated heterocycles. The molecule has 2 aromatic rings. The topological polar surface area (TPSA) is 0 Å². The van der Waals surface area contributed by atoms with Crippen LogP contribution < -0.4 is 24.8 Å². The van der Waals surface area contributed by atoms with Crippen molar-refractivity contribution in [2.24, 2.45) is 0 Å². The van der Waals surface area contributed by atoms with Crippen LogP contribution in [0.5, 0.6) is 0 Å². The summed E-state index contributed by atoms with van der Waals surface area (Å²) in [5.41, 5.74) is 5.75. The summed E-state index contributed by atoms with van der Waals surface area (Å²) in [7, 11) is 0. The first-order valence-electron chi connectivity index (χ1n) is 5.93. The van der Waals surface area contributed by atoms with Gasteiger partial charge in [0.05, 0.1) is 0 Å². The zero-order valence-electron chi connectivity index (χ0n) is 12.6. The van der Waals surface area contributed by atoms with Gasteiger partial charge in [-0.2, -0.15) is 46.5 Å². The van der Waals surface area contributed by atoms with Crippen LogP contribution in [0.1, 0.15) is 22.3 Å². The fourth-order valence-corrected chi connectivity index (χ4v) is 1.45. The van der Waals surface area contributed by atoms with Crippen molar-refractivity contribution in [1.82, 2.24) is 0 Å². The second kappa shape index (κ2) is 14.6. The summed E-state index contributed by atoms with van der Waals surface area (Å²) in [6.07, 6.45) is 0. The zero-order valence-corrected chi connectivity index (χ0v) is 19.5. The van der Waals surface area contributed by atoms with Gasteiger partial charge in [0.25, 0.3) is 0 Å². The number of rotatable bonds is 0. The number of hydrogen-bond donors (Lipinski definition) is 0. The molecule has 0 heterocycles.